The molecule has 1 amide bonds. The van der Waals surface area contributed by atoms with Crippen LogP contribution in [-0.4, -0.2) is 23.0 Å². The van der Waals surface area contributed by atoms with Gasteiger partial charge in [-0.25, -0.2) is 9.59 Å². The van der Waals surface area contributed by atoms with Crippen molar-refractivity contribution in [2.24, 2.45) is 0 Å². The summed E-state index contributed by atoms with van der Waals surface area (Å²) in [5.74, 6) is -1.88. The average molecular weight is 311 g/mol. The minimum absolute atomic E-state index is 0.0211. The fraction of sp³-hybridized carbons (Fsp3) is 0.118. The number of carbonyl (C=O) groups excluding carboxylic acids is 2. The van der Waals surface area contributed by atoms with Crippen molar-refractivity contribution in [2.75, 3.05) is 0 Å². The van der Waals surface area contributed by atoms with Gasteiger partial charge in [0.25, 0.3) is 0 Å². The molecule has 0 saturated heterocycles. The lowest BCUT2D eigenvalue weighted by Crippen LogP contribution is -2.33. The van der Waals surface area contributed by atoms with Crippen molar-refractivity contribution >= 4 is 17.8 Å². The summed E-state index contributed by atoms with van der Waals surface area (Å²) in [5, 5.41) is 11.6. The van der Waals surface area contributed by atoms with Crippen LogP contribution in [0.25, 0.3) is 0 Å². The van der Waals surface area contributed by atoms with Gasteiger partial charge in [-0.15, -0.1) is 0 Å². The zero-order chi connectivity index (χ0) is 16.4. The summed E-state index contributed by atoms with van der Waals surface area (Å²) in [6, 6.07) is 12.4. The summed E-state index contributed by atoms with van der Waals surface area (Å²) in [7, 11) is 0. The summed E-state index contributed by atoms with van der Waals surface area (Å²) >= 11 is 0. The molecule has 0 fully saturated rings. The van der Waals surface area contributed by atoms with Gasteiger partial charge < -0.3 is 15.2 Å². The molecule has 116 valence electrons. The Balaban J connectivity index is 1.76. The lowest BCUT2D eigenvalue weighted by atomic mass is 10.0. The Morgan fingerprint density at radius 3 is 2.57 bits per heavy atom. The summed E-state index contributed by atoms with van der Waals surface area (Å²) in [4.78, 5) is 34.9. The van der Waals surface area contributed by atoms with Gasteiger partial charge in [0.2, 0.25) is 5.91 Å². The van der Waals surface area contributed by atoms with Crippen LogP contribution in [0.1, 0.15) is 27.5 Å². The van der Waals surface area contributed by atoms with Crippen LogP contribution in [-0.2, 0) is 16.0 Å². The van der Waals surface area contributed by atoms with E-state index in [0.29, 0.717) is 5.56 Å². The molecule has 0 spiro atoms. The predicted octanol–water partition coefficient (Wildman–Crippen LogP) is 1.70. The molecule has 1 heterocycles. The van der Waals surface area contributed by atoms with Gasteiger partial charge in [-0.1, -0.05) is 36.4 Å². The molecule has 0 aromatic heterocycles. The molecule has 0 radical (unpaired) electrons. The van der Waals surface area contributed by atoms with Crippen LogP contribution in [0.5, 0.6) is 5.75 Å². The molecule has 0 bridgehead atoms. The molecule has 23 heavy (non-hydrogen) atoms. The number of hydrogen-bond donors (Lipinski definition) is 2. The summed E-state index contributed by atoms with van der Waals surface area (Å²) in [5.41, 5.74) is 1.31. The first-order chi connectivity index (χ1) is 11.0. The second-order valence-corrected chi connectivity index (χ2v) is 5.14. The highest BCUT2D eigenvalue weighted by Gasteiger charge is 2.34. The predicted molar refractivity (Wildman–Crippen MR) is 80.1 cm³/mol. The Morgan fingerprint density at radius 2 is 1.87 bits per heavy atom. The maximum Gasteiger partial charge on any atom is 0.338 e. The molecule has 1 atom stereocenters. The number of aromatic carboxylic acids is 1. The minimum Gasteiger partial charge on any atom is -0.478 e. The van der Waals surface area contributed by atoms with E-state index in [9.17, 15) is 14.4 Å². The number of rotatable bonds is 4. The molecule has 1 aliphatic heterocycles. The van der Waals surface area contributed by atoms with Crippen molar-refractivity contribution in [2.45, 2.75) is 12.5 Å². The number of esters is 1. The van der Waals surface area contributed by atoms with Crippen LogP contribution in [0.2, 0.25) is 0 Å². The van der Waals surface area contributed by atoms with Crippen molar-refractivity contribution in [3.63, 3.8) is 0 Å². The molecule has 6 nitrogen and oxygen atoms in total. The molecule has 1 aliphatic rings. The quantitative estimate of drug-likeness (QED) is 0.662. The van der Waals surface area contributed by atoms with Crippen molar-refractivity contribution < 1.29 is 24.2 Å². The van der Waals surface area contributed by atoms with Crippen LogP contribution in [0.3, 0.4) is 0 Å². The number of nitrogens with one attached hydrogen (secondary N) is 1. The van der Waals surface area contributed by atoms with Gasteiger partial charge in [0.05, 0.1) is 12.0 Å². The molecule has 2 N–H and O–H groups in total. The highest BCUT2D eigenvalue weighted by Crippen LogP contribution is 2.34. The van der Waals surface area contributed by atoms with Gasteiger partial charge in [-0.05, 0) is 17.7 Å². The summed E-state index contributed by atoms with van der Waals surface area (Å²) < 4.78 is 5.04. The van der Waals surface area contributed by atoms with Crippen LogP contribution in [0.15, 0.2) is 48.5 Å². The molecule has 6 heteroatoms. The second-order valence-electron chi connectivity index (χ2n) is 5.14. The van der Waals surface area contributed by atoms with E-state index in [4.69, 9.17) is 9.84 Å². The summed E-state index contributed by atoms with van der Waals surface area (Å²) in [6.45, 7) is 0. The average Bonchev–Trinajstić information content (AvgIpc) is 2.83. The number of carboxylic acid groups (broad SMARTS) is 1. The fourth-order valence-electron chi connectivity index (χ4n) is 2.42. The Hall–Kier alpha value is -3.15. The van der Waals surface area contributed by atoms with E-state index in [-0.39, 0.29) is 23.6 Å². The second kappa shape index (κ2) is 5.92. The smallest absolute Gasteiger partial charge is 0.338 e. The van der Waals surface area contributed by atoms with Crippen molar-refractivity contribution in [1.29, 1.82) is 0 Å². The zero-order valence-corrected chi connectivity index (χ0v) is 12.0. The number of fused-ring (bicyclic) bond motifs is 1. The normalized spacial score (nSPS) is 15.7. The SMILES string of the molecule is O=C(Cc1ccccc1)NC1C(=O)Oc2cc(C(=O)O)ccc21. The maximum atomic E-state index is 12.1. The highest BCUT2D eigenvalue weighted by atomic mass is 16.5. The van der Waals surface area contributed by atoms with Gasteiger partial charge in [-0.3, -0.25) is 4.79 Å². The molecule has 1 unspecified atom stereocenters. The van der Waals surface area contributed by atoms with E-state index in [1.807, 2.05) is 30.3 Å². The third kappa shape index (κ3) is 3.06. The van der Waals surface area contributed by atoms with Crippen molar-refractivity contribution in [1.82, 2.24) is 5.32 Å². The molecule has 2 aromatic rings. The van der Waals surface area contributed by atoms with E-state index in [2.05, 4.69) is 5.32 Å². The van der Waals surface area contributed by atoms with Crippen LogP contribution >= 0.6 is 0 Å². The van der Waals surface area contributed by atoms with E-state index < -0.39 is 18.0 Å². The van der Waals surface area contributed by atoms with Gasteiger partial charge in [-0.2, -0.15) is 0 Å². The van der Waals surface area contributed by atoms with Crippen LogP contribution in [0, 0.1) is 0 Å². The third-order valence-corrected chi connectivity index (χ3v) is 3.53. The number of ether oxygens (including phenoxy) is 1. The van der Waals surface area contributed by atoms with Gasteiger partial charge in [0.1, 0.15) is 5.75 Å². The van der Waals surface area contributed by atoms with Crippen LogP contribution < -0.4 is 10.1 Å². The first kappa shape index (κ1) is 14.8. The molecule has 0 saturated carbocycles. The van der Waals surface area contributed by atoms with Crippen molar-refractivity contribution in [3.8, 4) is 5.75 Å². The Kier molecular flexibility index (Phi) is 3.80. The van der Waals surface area contributed by atoms with E-state index in [0.717, 1.165) is 5.56 Å². The number of carboxylic acids is 1. The fourth-order valence-corrected chi connectivity index (χ4v) is 2.42. The highest BCUT2D eigenvalue weighted by molar-refractivity contribution is 5.93. The van der Waals surface area contributed by atoms with Crippen LogP contribution in [0.4, 0.5) is 0 Å². The Labute approximate surface area is 131 Å². The first-order valence-corrected chi connectivity index (χ1v) is 6.97. The first-order valence-electron chi connectivity index (χ1n) is 6.97. The molecule has 2 aromatic carbocycles. The van der Waals surface area contributed by atoms with Gasteiger partial charge in [0.15, 0.2) is 6.04 Å². The number of amides is 1. The zero-order valence-electron chi connectivity index (χ0n) is 12.0. The Morgan fingerprint density at radius 1 is 1.13 bits per heavy atom. The van der Waals surface area contributed by atoms with Gasteiger partial charge in [0, 0.05) is 5.56 Å². The largest absolute Gasteiger partial charge is 0.478 e. The summed E-state index contributed by atoms with van der Waals surface area (Å²) in [6.07, 6.45) is 0.146. The molecular weight excluding hydrogens is 298 g/mol. The van der Waals surface area contributed by atoms with E-state index in [1.165, 1.54) is 18.2 Å². The maximum absolute atomic E-state index is 12.1. The van der Waals surface area contributed by atoms with Crippen molar-refractivity contribution in [3.05, 3.63) is 65.2 Å². The Bertz CT molecular complexity index is 785. The molecular formula is C17H13NO5. The topological polar surface area (TPSA) is 92.7 Å². The number of benzene rings is 2. The monoisotopic (exact) mass is 311 g/mol. The molecule has 0 aliphatic carbocycles. The van der Waals surface area contributed by atoms with E-state index >= 15 is 0 Å². The molecule has 3 rings (SSSR count). The third-order valence-electron chi connectivity index (χ3n) is 3.53. The number of hydrogen-bond acceptors (Lipinski definition) is 4. The number of carbonyl (C=O) groups is 3. The standard InChI is InChI=1S/C17H13NO5/c19-14(8-10-4-2-1-3-5-10)18-15-12-7-6-11(16(20)21)9-13(12)23-17(15)22/h1-7,9,15H,8H2,(H,18,19)(H,20,21). The lowest BCUT2D eigenvalue weighted by Gasteiger charge is -2.10. The minimum atomic E-state index is -1.11. The van der Waals surface area contributed by atoms with Gasteiger partial charge >= 0.3 is 11.9 Å². The van der Waals surface area contributed by atoms with E-state index in [1.54, 1.807) is 0 Å². The lowest BCUT2D eigenvalue weighted by molar-refractivity contribution is -0.137.